The van der Waals surface area contributed by atoms with Crippen LogP contribution in [-0.2, 0) is 6.54 Å². The highest BCUT2D eigenvalue weighted by atomic mass is 35.5. The van der Waals surface area contributed by atoms with Crippen LogP contribution in [0.4, 0.5) is 0 Å². The van der Waals surface area contributed by atoms with E-state index in [0.29, 0.717) is 27.8 Å². The molecule has 0 aliphatic carbocycles. The van der Waals surface area contributed by atoms with E-state index in [9.17, 15) is 4.79 Å². The van der Waals surface area contributed by atoms with E-state index < -0.39 is 0 Å². The molecule has 0 radical (unpaired) electrons. The fraction of sp³-hybridized carbons (Fsp3) is 0.235. The van der Waals surface area contributed by atoms with Crippen LogP contribution in [0.3, 0.4) is 0 Å². The Kier molecular flexibility index (Phi) is 4.73. The first-order chi connectivity index (χ1) is 11.4. The molecule has 2 aromatic heterocycles. The maximum absolute atomic E-state index is 12.1. The predicted octanol–water partition coefficient (Wildman–Crippen LogP) is 3.92. The molecule has 1 aromatic carbocycles. The monoisotopic (exact) mass is 362 g/mol. The fourth-order valence-corrected chi connectivity index (χ4v) is 2.84. The number of rotatable bonds is 4. The SMILES string of the molecule is CC(C)NC(=O)c1ccc2c(c1)ncn2Cc1ncc(Cl)cc1Cl. The number of carbonyl (C=O) groups excluding carboxylic acids is 1. The summed E-state index contributed by atoms with van der Waals surface area (Å²) in [5, 5.41) is 3.88. The lowest BCUT2D eigenvalue weighted by Gasteiger charge is -2.09. The van der Waals surface area contributed by atoms with Crippen LogP contribution in [0.25, 0.3) is 11.0 Å². The summed E-state index contributed by atoms with van der Waals surface area (Å²) in [6.45, 7) is 4.33. The molecule has 0 saturated carbocycles. The van der Waals surface area contributed by atoms with Crippen LogP contribution in [-0.4, -0.2) is 26.5 Å². The lowest BCUT2D eigenvalue weighted by molar-refractivity contribution is 0.0943. The summed E-state index contributed by atoms with van der Waals surface area (Å²) in [5.74, 6) is -0.108. The molecule has 1 N–H and O–H groups in total. The Hall–Kier alpha value is -2.11. The lowest BCUT2D eigenvalue weighted by atomic mass is 10.1. The maximum atomic E-state index is 12.1. The Morgan fingerprint density at radius 2 is 2.04 bits per heavy atom. The largest absolute Gasteiger partial charge is 0.350 e. The zero-order chi connectivity index (χ0) is 17.3. The van der Waals surface area contributed by atoms with E-state index in [2.05, 4.69) is 15.3 Å². The van der Waals surface area contributed by atoms with Gasteiger partial charge in [0, 0.05) is 17.8 Å². The van der Waals surface area contributed by atoms with Crippen molar-refractivity contribution in [3.8, 4) is 0 Å². The van der Waals surface area contributed by atoms with Crippen LogP contribution in [0.15, 0.2) is 36.8 Å². The number of amides is 1. The van der Waals surface area contributed by atoms with Gasteiger partial charge in [-0.2, -0.15) is 0 Å². The van der Waals surface area contributed by atoms with Gasteiger partial charge in [0.1, 0.15) is 0 Å². The third-order valence-electron chi connectivity index (χ3n) is 3.51. The zero-order valence-electron chi connectivity index (χ0n) is 13.3. The number of carbonyl (C=O) groups is 1. The molecule has 0 fully saturated rings. The molecule has 3 aromatic rings. The van der Waals surface area contributed by atoms with E-state index in [1.165, 1.54) is 0 Å². The van der Waals surface area contributed by atoms with Crippen molar-refractivity contribution in [3.63, 3.8) is 0 Å². The van der Waals surface area contributed by atoms with Crippen LogP contribution in [0.2, 0.25) is 10.0 Å². The summed E-state index contributed by atoms with van der Waals surface area (Å²) in [5.41, 5.74) is 2.95. The summed E-state index contributed by atoms with van der Waals surface area (Å²) in [6.07, 6.45) is 3.28. The van der Waals surface area contributed by atoms with Crippen molar-refractivity contribution in [2.24, 2.45) is 0 Å². The Bertz CT molecular complexity index is 905. The molecule has 0 atom stereocenters. The Morgan fingerprint density at radius 3 is 2.75 bits per heavy atom. The molecule has 124 valence electrons. The minimum atomic E-state index is -0.108. The van der Waals surface area contributed by atoms with Crippen LogP contribution in [0.1, 0.15) is 29.9 Å². The smallest absolute Gasteiger partial charge is 0.251 e. The van der Waals surface area contributed by atoms with Gasteiger partial charge in [0.2, 0.25) is 0 Å². The highest BCUT2D eigenvalue weighted by Crippen LogP contribution is 2.21. The summed E-state index contributed by atoms with van der Waals surface area (Å²) in [7, 11) is 0. The van der Waals surface area contributed by atoms with Gasteiger partial charge in [-0.3, -0.25) is 9.78 Å². The van der Waals surface area contributed by atoms with E-state index >= 15 is 0 Å². The first-order valence-electron chi connectivity index (χ1n) is 7.49. The Morgan fingerprint density at radius 1 is 1.25 bits per heavy atom. The molecule has 5 nitrogen and oxygen atoms in total. The molecule has 7 heteroatoms. The van der Waals surface area contributed by atoms with E-state index in [4.69, 9.17) is 23.2 Å². The third kappa shape index (κ3) is 3.52. The van der Waals surface area contributed by atoms with Gasteiger partial charge in [0.15, 0.2) is 0 Å². The summed E-state index contributed by atoms with van der Waals surface area (Å²) < 4.78 is 1.93. The molecule has 0 aliphatic rings. The van der Waals surface area contributed by atoms with E-state index in [0.717, 1.165) is 11.0 Å². The average molecular weight is 363 g/mol. The highest BCUT2D eigenvalue weighted by Gasteiger charge is 2.11. The summed E-state index contributed by atoms with van der Waals surface area (Å²) in [6, 6.07) is 7.19. The minimum Gasteiger partial charge on any atom is -0.350 e. The zero-order valence-corrected chi connectivity index (χ0v) is 14.8. The Balaban J connectivity index is 1.89. The number of aromatic nitrogens is 3. The number of imidazole rings is 1. The van der Waals surface area contributed by atoms with Crippen molar-refractivity contribution < 1.29 is 4.79 Å². The van der Waals surface area contributed by atoms with E-state index in [1.807, 2.05) is 24.5 Å². The first-order valence-corrected chi connectivity index (χ1v) is 8.25. The Labute approximate surface area is 149 Å². The third-order valence-corrected chi connectivity index (χ3v) is 4.04. The number of benzene rings is 1. The van der Waals surface area contributed by atoms with Gasteiger partial charge in [0.25, 0.3) is 5.91 Å². The second kappa shape index (κ2) is 6.79. The highest BCUT2D eigenvalue weighted by molar-refractivity contribution is 6.34. The van der Waals surface area contributed by atoms with Crippen LogP contribution >= 0.6 is 23.2 Å². The molecular weight excluding hydrogens is 347 g/mol. The fourth-order valence-electron chi connectivity index (χ4n) is 2.40. The van der Waals surface area contributed by atoms with Gasteiger partial charge in [-0.25, -0.2) is 4.98 Å². The molecule has 2 heterocycles. The summed E-state index contributed by atoms with van der Waals surface area (Å²) in [4.78, 5) is 20.7. The molecule has 0 aliphatic heterocycles. The topological polar surface area (TPSA) is 59.8 Å². The molecule has 24 heavy (non-hydrogen) atoms. The first kappa shape index (κ1) is 16.7. The van der Waals surface area contributed by atoms with Crippen molar-refractivity contribution >= 4 is 40.1 Å². The summed E-state index contributed by atoms with van der Waals surface area (Å²) >= 11 is 12.1. The number of hydrogen-bond donors (Lipinski definition) is 1. The van der Waals surface area contributed by atoms with Gasteiger partial charge < -0.3 is 9.88 Å². The molecular formula is C17H16Cl2N4O. The second-order valence-electron chi connectivity index (χ2n) is 5.79. The van der Waals surface area contributed by atoms with Crippen LogP contribution in [0.5, 0.6) is 0 Å². The van der Waals surface area contributed by atoms with E-state index in [-0.39, 0.29) is 11.9 Å². The number of hydrogen-bond acceptors (Lipinski definition) is 3. The van der Waals surface area contributed by atoms with Crippen molar-refractivity contribution in [2.45, 2.75) is 26.4 Å². The normalized spacial score (nSPS) is 11.2. The molecule has 0 unspecified atom stereocenters. The van der Waals surface area contributed by atoms with Gasteiger partial charge in [-0.1, -0.05) is 23.2 Å². The van der Waals surface area contributed by atoms with Gasteiger partial charge in [-0.15, -0.1) is 0 Å². The van der Waals surface area contributed by atoms with Crippen molar-refractivity contribution in [1.29, 1.82) is 0 Å². The molecule has 0 saturated heterocycles. The second-order valence-corrected chi connectivity index (χ2v) is 6.63. The molecule has 1 amide bonds. The van der Waals surface area contributed by atoms with Crippen molar-refractivity contribution in [2.75, 3.05) is 0 Å². The average Bonchev–Trinajstić information content (AvgIpc) is 2.91. The van der Waals surface area contributed by atoms with Crippen LogP contribution < -0.4 is 5.32 Å². The standard InChI is InChI=1S/C17H16Cl2N4O/c1-10(2)22-17(24)11-3-4-16-14(5-11)21-9-23(16)8-15-13(19)6-12(18)7-20-15/h3-7,9-10H,8H2,1-2H3,(H,22,24). The van der Waals surface area contributed by atoms with Gasteiger partial charge in [-0.05, 0) is 38.1 Å². The maximum Gasteiger partial charge on any atom is 0.251 e. The minimum absolute atomic E-state index is 0.0869. The molecule has 0 spiro atoms. The van der Waals surface area contributed by atoms with Crippen molar-refractivity contribution in [3.05, 3.63) is 58.1 Å². The molecule has 0 bridgehead atoms. The van der Waals surface area contributed by atoms with Crippen molar-refractivity contribution in [1.82, 2.24) is 19.9 Å². The molecule has 3 rings (SSSR count). The predicted molar refractivity (Wildman–Crippen MR) is 95.7 cm³/mol. The number of nitrogens with one attached hydrogen (secondary N) is 1. The van der Waals surface area contributed by atoms with Crippen LogP contribution in [0, 0.1) is 0 Å². The quantitative estimate of drug-likeness (QED) is 0.764. The van der Waals surface area contributed by atoms with E-state index in [1.54, 1.807) is 30.7 Å². The number of nitrogens with zero attached hydrogens (tertiary/aromatic N) is 3. The number of halogens is 2. The lowest BCUT2D eigenvalue weighted by Crippen LogP contribution is -2.29. The van der Waals surface area contributed by atoms with Gasteiger partial charge >= 0.3 is 0 Å². The number of pyridine rings is 1. The van der Waals surface area contributed by atoms with Gasteiger partial charge in [0.05, 0.1) is 39.6 Å². The number of fused-ring (bicyclic) bond motifs is 1.